The molecule has 176 valence electrons. The predicted molar refractivity (Wildman–Crippen MR) is 133 cm³/mol. The molecule has 0 N–H and O–H groups in total. The van der Waals surface area contributed by atoms with E-state index in [0.29, 0.717) is 48.3 Å². The molecule has 2 aromatic carbocycles. The predicted octanol–water partition coefficient (Wildman–Crippen LogP) is 4.95. The Bertz CT molecular complexity index is 1250. The second-order valence-electron chi connectivity index (χ2n) is 7.54. The number of benzene rings is 2. The number of piperazine rings is 1. The molecule has 1 aromatic heterocycles. The molecule has 0 saturated carbocycles. The van der Waals surface area contributed by atoms with Crippen LogP contribution in [0.1, 0.15) is 5.56 Å². The molecule has 7 nitrogen and oxygen atoms in total. The van der Waals surface area contributed by atoms with Crippen LogP contribution >= 0.6 is 34.5 Å². The smallest absolute Gasteiger partial charge is 0.244 e. The summed E-state index contributed by atoms with van der Waals surface area (Å²) >= 11 is 13.8. The second-order valence-corrected chi connectivity index (χ2v) is 11.1. The summed E-state index contributed by atoms with van der Waals surface area (Å²) in [5.41, 5.74) is 2.37. The lowest BCUT2D eigenvalue weighted by atomic mass is 10.1. The summed E-state index contributed by atoms with van der Waals surface area (Å²) in [6.45, 7) is 3.48. The van der Waals surface area contributed by atoms with E-state index in [2.05, 4.69) is 4.90 Å². The van der Waals surface area contributed by atoms with Crippen LogP contribution in [0.2, 0.25) is 10.0 Å². The van der Waals surface area contributed by atoms with Crippen LogP contribution in [0, 0.1) is 6.92 Å². The Labute approximate surface area is 207 Å². The van der Waals surface area contributed by atoms with Crippen molar-refractivity contribution >= 4 is 49.7 Å². The summed E-state index contributed by atoms with van der Waals surface area (Å²) in [5, 5.41) is 3.38. The fraction of sp³-hybridized carbons (Fsp3) is 0.318. The molecule has 1 fully saturated rings. The molecule has 0 bridgehead atoms. The maximum atomic E-state index is 13.2. The summed E-state index contributed by atoms with van der Waals surface area (Å²) in [7, 11) is -0.503. The van der Waals surface area contributed by atoms with Crippen LogP contribution in [0.4, 0.5) is 5.13 Å². The lowest BCUT2D eigenvalue weighted by Crippen LogP contribution is -2.48. The summed E-state index contributed by atoms with van der Waals surface area (Å²) in [6.07, 6.45) is 0. The fourth-order valence-electron chi connectivity index (χ4n) is 3.58. The van der Waals surface area contributed by atoms with E-state index in [9.17, 15) is 8.42 Å². The second kappa shape index (κ2) is 9.68. The SMILES string of the molecule is COc1cc(OC)cc(-c2csc(N3CCN(S(=O)(=O)c4cc(C)c(Cl)cc4Cl)CC3)n2)c1. The summed E-state index contributed by atoms with van der Waals surface area (Å²) in [5.74, 6) is 1.38. The molecule has 0 unspecified atom stereocenters. The van der Waals surface area contributed by atoms with Crippen LogP contribution in [0.15, 0.2) is 40.6 Å². The first-order chi connectivity index (χ1) is 15.7. The van der Waals surface area contributed by atoms with Crippen LogP contribution in [0.3, 0.4) is 0 Å². The van der Waals surface area contributed by atoms with Gasteiger partial charge in [-0.05, 0) is 36.8 Å². The summed E-state index contributed by atoms with van der Waals surface area (Å²) in [4.78, 5) is 6.94. The van der Waals surface area contributed by atoms with Gasteiger partial charge in [-0.2, -0.15) is 4.31 Å². The number of anilines is 1. The molecule has 11 heteroatoms. The van der Waals surface area contributed by atoms with E-state index < -0.39 is 10.0 Å². The van der Waals surface area contributed by atoms with Crippen molar-refractivity contribution in [1.29, 1.82) is 0 Å². The molecule has 0 aliphatic carbocycles. The Morgan fingerprint density at radius 3 is 2.18 bits per heavy atom. The molecule has 4 rings (SSSR count). The number of thiazole rings is 1. The third kappa shape index (κ3) is 4.93. The van der Waals surface area contributed by atoms with E-state index in [0.717, 1.165) is 16.4 Å². The van der Waals surface area contributed by atoms with Crippen molar-refractivity contribution in [3.05, 3.63) is 51.3 Å². The highest BCUT2D eigenvalue weighted by Crippen LogP contribution is 2.34. The van der Waals surface area contributed by atoms with Crippen molar-refractivity contribution in [3.63, 3.8) is 0 Å². The highest BCUT2D eigenvalue weighted by molar-refractivity contribution is 7.89. The van der Waals surface area contributed by atoms with Crippen LogP contribution in [0.5, 0.6) is 11.5 Å². The lowest BCUT2D eigenvalue weighted by Gasteiger charge is -2.34. The maximum absolute atomic E-state index is 13.2. The van der Waals surface area contributed by atoms with Gasteiger partial charge in [-0.25, -0.2) is 13.4 Å². The van der Waals surface area contributed by atoms with E-state index in [1.54, 1.807) is 21.1 Å². The molecule has 1 aliphatic heterocycles. The van der Waals surface area contributed by atoms with E-state index in [-0.39, 0.29) is 9.92 Å². The Balaban J connectivity index is 1.49. The first kappa shape index (κ1) is 24.1. The molecule has 0 spiro atoms. The quantitative estimate of drug-likeness (QED) is 0.451. The number of aryl methyl sites for hydroxylation is 1. The van der Waals surface area contributed by atoms with Gasteiger partial charge in [0.2, 0.25) is 10.0 Å². The highest BCUT2D eigenvalue weighted by atomic mass is 35.5. The van der Waals surface area contributed by atoms with Gasteiger partial charge in [-0.15, -0.1) is 11.3 Å². The first-order valence-corrected chi connectivity index (χ1v) is 13.2. The molecule has 3 aromatic rings. The van der Waals surface area contributed by atoms with Gasteiger partial charge in [0.1, 0.15) is 16.4 Å². The number of nitrogens with zero attached hydrogens (tertiary/aromatic N) is 3. The summed E-state index contributed by atoms with van der Waals surface area (Å²) < 4.78 is 38.5. The molecule has 2 heterocycles. The Hall–Kier alpha value is -2.04. The van der Waals surface area contributed by atoms with E-state index in [1.165, 1.54) is 27.8 Å². The van der Waals surface area contributed by atoms with Gasteiger partial charge >= 0.3 is 0 Å². The van der Waals surface area contributed by atoms with Gasteiger partial charge in [-0.3, -0.25) is 0 Å². The van der Waals surface area contributed by atoms with Gasteiger partial charge in [0, 0.05) is 48.2 Å². The van der Waals surface area contributed by atoms with Crippen LogP contribution < -0.4 is 14.4 Å². The largest absolute Gasteiger partial charge is 0.497 e. The molecule has 33 heavy (non-hydrogen) atoms. The van der Waals surface area contributed by atoms with Crippen molar-refractivity contribution in [2.75, 3.05) is 45.3 Å². The van der Waals surface area contributed by atoms with Gasteiger partial charge in [0.15, 0.2) is 5.13 Å². The molecule has 0 amide bonds. The maximum Gasteiger partial charge on any atom is 0.244 e. The van der Waals surface area contributed by atoms with Gasteiger partial charge in [0.05, 0.1) is 24.9 Å². The molecule has 0 atom stereocenters. The van der Waals surface area contributed by atoms with Gasteiger partial charge in [-0.1, -0.05) is 23.2 Å². The number of rotatable bonds is 6. The number of ether oxygens (including phenoxy) is 2. The van der Waals surface area contributed by atoms with E-state index in [1.807, 2.05) is 23.6 Å². The van der Waals surface area contributed by atoms with Crippen molar-refractivity contribution in [2.45, 2.75) is 11.8 Å². The lowest BCUT2D eigenvalue weighted by molar-refractivity contribution is 0.385. The van der Waals surface area contributed by atoms with Gasteiger partial charge < -0.3 is 14.4 Å². The molecule has 1 saturated heterocycles. The zero-order chi connectivity index (χ0) is 23.8. The minimum absolute atomic E-state index is 0.0861. The number of methoxy groups -OCH3 is 2. The van der Waals surface area contributed by atoms with Crippen molar-refractivity contribution in [3.8, 4) is 22.8 Å². The molecular weight excluding hydrogens is 505 g/mol. The van der Waals surface area contributed by atoms with Crippen molar-refractivity contribution < 1.29 is 17.9 Å². The Kier molecular flexibility index (Phi) is 7.07. The van der Waals surface area contributed by atoms with E-state index in [4.69, 9.17) is 37.7 Å². The van der Waals surface area contributed by atoms with Crippen LogP contribution in [-0.4, -0.2) is 58.1 Å². The van der Waals surface area contributed by atoms with Crippen molar-refractivity contribution in [1.82, 2.24) is 9.29 Å². The topological polar surface area (TPSA) is 72.0 Å². The Morgan fingerprint density at radius 2 is 1.58 bits per heavy atom. The number of hydrogen-bond acceptors (Lipinski definition) is 7. The average molecular weight is 528 g/mol. The third-order valence-corrected chi connectivity index (χ3v) is 9.15. The zero-order valence-corrected chi connectivity index (χ0v) is 21.5. The monoisotopic (exact) mass is 527 g/mol. The van der Waals surface area contributed by atoms with Gasteiger partial charge in [0.25, 0.3) is 0 Å². The number of halogens is 2. The minimum atomic E-state index is -3.72. The normalized spacial score (nSPS) is 15.0. The highest BCUT2D eigenvalue weighted by Gasteiger charge is 2.31. The molecule has 1 aliphatic rings. The zero-order valence-electron chi connectivity index (χ0n) is 18.3. The number of aromatic nitrogens is 1. The average Bonchev–Trinajstić information content (AvgIpc) is 3.31. The molecule has 0 radical (unpaired) electrons. The summed E-state index contributed by atoms with van der Waals surface area (Å²) in [6, 6.07) is 8.63. The van der Waals surface area contributed by atoms with Crippen LogP contribution in [0.25, 0.3) is 11.3 Å². The number of sulfonamides is 1. The number of hydrogen-bond donors (Lipinski definition) is 0. The van der Waals surface area contributed by atoms with Crippen molar-refractivity contribution in [2.24, 2.45) is 0 Å². The third-order valence-electron chi connectivity index (χ3n) is 5.48. The molecular formula is C22H23Cl2N3O4S2. The van der Waals surface area contributed by atoms with Crippen LogP contribution in [-0.2, 0) is 10.0 Å². The Morgan fingerprint density at radius 1 is 0.939 bits per heavy atom. The standard InChI is InChI=1S/C22H23Cl2N3O4S2/c1-14-8-21(19(24)12-18(14)23)33(28,29)27-6-4-26(5-7-27)22-25-20(13-32-22)15-9-16(30-2)11-17(10-15)31-3/h8-13H,4-7H2,1-3H3. The minimum Gasteiger partial charge on any atom is -0.497 e. The van der Waals surface area contributed by atoms with E-state index >= 15 is 0 Å². The first-order valence-electron chi connectivity index (χ1n) is 10.1. The fourth-order valence-corrected chi connectivity index (χ4v) is 6.70.